The van der Waals surface area contributed by atoms with Gasteiger partial charge in [-0.3, -0.25) is 0 Å². The summed E-state index contributed by atoms with van der Waals surface area (Å²) in [5, 5.41) is 2.79. The molecule has 1 rings (SSSR count). The lowest BCUT2D eigenvalue weighted by atomic mass is 10.1. The van der Waals surface area contributed by atoms with Crippen LogP contribution in [0.4, 0.5) is 4.79 Å². The lowest BCUT2D eigenvalue weighted by Crippen LogP contribution is -2.45. The van der Waals surface area contributed by atoms with Crippen LogP contribution in [-0.4, -0.2) is 58.1 Å². The molecule has 1 aromatic carbocycles. The van der Waals surface area contributed by atoms with Crippen molar-refractivity contribution in [2.45, 2.75) is 19.4 Å². The largest absolute Gasteiger partial charge is 0.496 e. The van der Waals surface area contributed by atoms with Gasteiger partial charge in [-0.1, -0.05) is 18.2 Å². The monoisotopic (exact) mass is 328 g/mol. The molecule has 0 spiro atoms. The number of ether oxygens (including phenoxy) is 1. The number of urea groups is 1. The van der Waals surface area contributed by atoms with Gasteiger partial charge in [0.05, 0.1) is 12.9 Å². The third kappa shape index (κ3) is 5.93. The van der Waals surface area contributed by atoms with Crippen molar-refractivity contribution >= 4 is 15.9 Å². The van der Waals surface area contributed by atoms with E-state index < -0.39 is 9.84 Å². The molecule has 0 saturated carbocycles. The zero-order valence-electron chi connectivity index (χ0n) is 13.5. The number of nitrogens with one attached hydrogen (secondary N) is 1. The van der Waals surface area contributed by atoms with E-state index in [2.05, 4.69) is 5.32 Å². The van der Waals surface area contributed by atoms with Gasteiger partial charge in [0, 0.05) is 25.9 Å². The predicted octanol–water partition coefficient (Wildman–Crippen LogP) is 1.31. The fourth-order valence-electron chi connectivity index (χ4n) is 2.09. The van der Waals surface area contributed by atoms with Gasteiger partial charge in [0.1, 0.15) is 15.6 Å². The van der Waals surface area contributed by atoms with Crippen molar-refractivity contribution in [3.05, 3.63) is 29.8 Å². The van der Waals surface area contributed by atoms with E-state index in [0.29, 0.717) is 13.0 Å². The maximum Gasteiger partial charge on any atom is 0.317 e. The Labute approximate surface area is 132 Å². The molecule has 1 aromatic rings. The van der Waals surface area contributed by atoms with Crippen LogP contribution in [0.5, 0.6) is 5.75 Å². The molecule has 6 nitrogen and oxygen atoms in total. The maximum absolute atomic E-state index is 12.0. The molecular formula is C15H24N2O4S. The number of carbonyl (C=O) groups is 1. The number of amides is 2. The van der Waals surface area contributed by atoms with Crippen LogP contribution in [0, 0.1) is 0 Å². The second-order valence-corrected chi connectivity index (χ2v) is 7.53. The highest BCUT2D eigenvalue weighted by Crippen LogP contribution is 2.17. The molecule has 0 aliphatic rings. The lowest BCUT2D eigenvalue weighted by Gasteiger charge is -2.24. The summed E-state index contributed by atoms with van der Waals surface area (Å²) in [4.78, 5) is 13.4. The average molecular weight is 328 g/mol. The van der Waals surface area contributed by atoms with E-state index in [1.165, 1.54) is 4.90 Å². The summed E-state index contributed by atoms with van der Waals surface area (Å²) in [7, 11) is 0.0881. The van der Waals surface area contributed by atoms with Crippen molar-refractivity contribution in [1.29, 1.82) is 0 Å². The molecule has 22 heavy (non-hydrogen) atoms. The first kappa shape index (κ1) is 18.3. The Morgan fingerprint density at radius 1 is 1.36 bits per heavy atom. The summed E-state index contributed by atoms with van der Waals surface area (Å²) in [5.74, 6) is 0.735. The summed E-state index contributed by atoms with van der Waals surface area (Å²) < 4.78 is 27.8. The molecule has 7 heteroatoms. The zero-order chi connectivity index (χ0) is 16.8. The number of carbonyl (C=O) groups excluding carboxylic acids is 1. The molecule has 0 fully saturated rings. The average Bonchev–Trinajstić information content (AvgIpc) is 2.45. The topological polar surface area (TPSA) is 75.7 Å². The zero-order valence-corrected chi connectivity index (χ0v) is 14.3. The number of nitrogens with zero attached hydrogens (tertiary/aromatic N) is 1. The second-order valence-electron chi connectivity index (χ2n) is 5.35. The van der Waals surface area contributed by atoms with Crippen LogP contribution in [-0.2, 0) is 16.3 Å². The predicted molar refractivity (Wildman–Crippen MR) is 87.0 cm³/mol. The van der Waals surface area contributed by atoms with Gasteiger partial charge in [-0.2, -0.15) is 0 Å². The Kier molecular flexibility index (Phi) is 6.67. The summed E-state index contributed by atoms with van der Waals surface area (Å²) >= 11 is 0. The highest BCUT2D eigenvalue weighted by molar-refractivity contribution is 7.90. The van der Waals surface area contributed by atoms with E-state index in [1.54, 1.807) is 21.1 Å². The van der Waals surface area contributed by atoms with Crippen molar-refractivity contribution in [1.82, 2.24) is 10.2 Å². The number of rotatable bonds is 7. The Hall–Kier alpha value is -1.76. The Morgan fingerprint density at radius 2 is 2.00 bits per heavy atom. The maximum atomic E-state index is 12.0. The Bertz CT molecular complexity index is 601. The molecule has 2 amide bonds. The quantitative estimate of drug-likeness (QED) is 0.819. The van der Waals surface area contributed by atoms with Crippen LogP contribution in [0.15, 0.2) is 24.3 Å². The molecule has 0 aliphatic carbocycles. The fourth-order valence-corrected chi connectivity index (χ4v) is 3.19. The van der Waals surface area contributed by atoms with Crippen molar-refractivity contribution in [3.8, 4) is 5.75 Å². The van der Waals surface area contributed by atoms with Gasteiger partial charge in [0.15, 0.2) is 0 Å². The molecule has 1 atom stereocenters. The molecule has 0 aromatic heterocycles. The molecular weight excluding hydrogens is 304 g/mol. The minimum Gasteiger partial charge on any atom is -0.496 e. The SMILES string of the molecule is COc1ccccc1CCNC(=O)N(C)[C@H](C)CS(C)(=O)=O. The van der Waals surface area contributed by atoms with Crippen LogP contribution in [0.2, 0.25) is 0 Å². The van der Waals surface area contributed by atoms with Crippen molar-refractivity contribution in [2.24, 2.45) is 0 Å². The smallest absolute Gasteiger partial charge is 0.317 e. The number of para-hydroxylation sites is 1. The van der Waals surface area contributed by atoms with Crippen LogP contribution < -0.4 is 10.1 Å². The molecule has 1 N–H and O–H groups in total. The molecule has 124 valence electrons. The summed E-state index contributed by atoms with van der Waals surface area (Å²) in [6.07, 6.45) is 1.81. The molecule has 0 bridgehead atoms. The van der Waals surface area contributed by atoms with E-state index in [0.717, 1.165) is 17.6 Å². The number of hydrogen-bond donors (Lipinski definition) is 1. The standard InChI is InChI=1S/C15H24N2O4S/c1-12(11-22(4,19)20)17(2)15(18)16-10-9-13-7-5-6-8-14(13)21-3/h5-8,12H,9-11H2,1-4H3,(H,16,18)/t12-/m1/s1. The highest BCUT2D eigenvalue weighted by atomic mass is 32.2. The third-order valence-electron chi connectivity index (χ3n) is 3.39. The van der Waals surface area contributed by atoms with Crippen LogP contribution in [0.3, 0.4) is 0 Å². The van der Waals surface area contributed by atoms with Gasteiger partial charge in [-0.05, 0) is 25.0 Å². The van der Waals surface area contributed by atoms with Crippen molar-refractivity contribution in [3.63, 3.8) is 0 Å². The van der Waals surface area contributed by atoms with E-state index in [1.807, 2.05) is 24.3 Å². The minimum absolute atomic E-state index is 0.0522. The molecule has 0 unspecified atom stereocenters. The van der Waals surface area contributed by atoms with E-state index in [4.69, 9.17) is 4.74 Å². The van der Waals surface area contributed by atoms with Gasteiger partial charge in [-0.25, -0.2) is 13.2 Å². The van der Waals surface area contributed by atoms with Gasteiger partial charge < -0.3 is 15.0 Å². The van der Waals surface area contributed by atoms with Gasteiger partial charge in [0.25, 0.3) is 0 Å². The summed E-state index contributed by atoms with van der Waals surface area (Å²) in [6.45, 7) is 2.16. The van der Waals surface area contributed by atoms with Gasteiger partial charge in [0.2, 0.25) is 0 Å². The number of hydrogen-bond acceptors (Lipinski definition) is 4. The second kappa shape index (κ2) is 8.03. The van der Waals surface area contributed by atoms with E-state index in [9.17, 15) is 13.2 Å². The first-order valence-electron chi connectivity index (χ1n) is 7.05. The van der Waals surface area contributed by atoms with Crippen LogP contribution >= 0.6 is 0 Å². The van der Waals surface area contributed by atoms with Crippen molar-refractivity contribution in [2.75, 3.05) is 32.7 Å². The highest BCUT2D eigenvalue weighted by Gasteiger charge is 2.19. The van der Waals surface area contributed by atoms with Crippen LogP contribution in [0.1, 0.15) is 12.5 Å². The van der Waals surface area contributed by atoms with Gasteiger partial charge >= 0.3 is 6.03 Å². The first-order chi connectivity index (χ1) is 10.2. The third-order valence-corrected chi connectivity index (χ3v) is 4.48. The fraction of sp³-hybridized carbons (Fsp3) is 0.533. The van der Waals surface area contributed by atoms with Crippen molar-refractivity contribution < 1.29 is 17.9 Å². The summed E-state index contributed by atoms with van der Waals surface area (Å²) in [5.41, 5.74) is 1.01. The van der Waals surface area contributed by atoms with E-state index >= 15 is 0 Å². The lowest BCUT2D eigenvalue weighted by molar-refractivity contribution is 0.198. The minimum atomic E-state index is -3.11. The molecule has 0 saturated heterocycles. The molecule has 0 heterocycles. The van der Waals surface area contributed by atoms with Crippen LogP contribution in [0.25, 0.3) is 0 Å². The Morgan fingerprint density at radius 3 is 2.59 bits per heavy atom. The molecule has 0 aliphatic heterocycles. The normalized spacial score (nSPS) is 12.5. The summed E-state index contributed by atoms with van der Waals surface area (Å²) in [6, 6.07) is 6.97. The number of benzene rings is 1. The van der Waals surface area contributed by atoms with E-state index in [-0.39, 0.29) is 17.8 Å². The van der Waals surface area contributed by atoms with Gasteiger partial charge in [-0.15, -0.1) is 0 Å². The molecule has 0 radical (unpaired) electrons. The number of sulfone groups is 1. The first-order valence-corrected chi connectivity index (χ1v) is 9.11. The Balaban J connectivity index is 2.49. The number of methoxy groups -OCH3 is 1.